The second-order valence-electron chi connectivity index (χ2n) is 4.15. The summed E-state index contributed by atoms with van der Waals surface area (Å²) in [6.45, 7) is 2.70. The maximum Gasteiger partial charge on any atom is 0.306 e. The van der Waals surface area contributed by atoms with E-state index in [9.17, 15) is 9.59 Å². The van der Waals surface area contributed by atoms with Gasteiger partial charge in [-0.2, -0.15) is 0 Å². The Labute approximate surface area is 96.3 Å². The number of esters is 1. The molecule has 1 aliphatic heterocycles. The van der Waals surface area contributed by atoms with Crippen LogP contribution in [0.4, 0.5) is 0 Å². The Kier molecular flexibility index (Phi) is 5.25. The third-order valence-electron chi connectivity index (χ3n) is 2.79. The number of likely N-dealkylation sites (tertiary alicyclic amines) is 1. The van der Waals surface area contributed by atoms with Crippen molar-refractivity contribution < 1.29 is 14.3 Å². The van der Waals surface area contributed by atoms with Crippen LogP contribution in [0.25, 0.3) is 0 Å². The number of rotatable bonds is 5. The van der Waals surface area contributed by atoms with E-state index in [0.717, 1.165) is 25.9 Å². The Morgan fingerprint density at radius 3 is 2.50 bits per heavy atom. The number of hydrogen-bond donors (Lipinski definition) is 0. The summed E-state index contributed by atoms with van der Waals surface area (Å²) in [5.74, 6) is -0.0784. The van der Waals surface area contributed by atoms with Gasteiger partial charge in [0, 0.05) is 19.6 Å². The number of likely N-dealkylation sites (N-methyl/N-ethyl adjacent to an activating group) is 1. The first kappa shape index (κ1) is 13.0. The van der Waals surface area contributed by atoms with Gasteiger partial charge >= 0.3 is 5.97 Å². The molecule has 1 rings (SSSR count). The van der Waals surface area contributed by atoms with Crippen molar-refractivity contribution in [1.29, 1.82) is 0 Å². The number of amides is 1. The highest BCUT2D eigenvalue weighted by Gasteiger charge is 2.19. The number of methoxy groups -OCH3 is 1. The van der Waals surface area contributed by atoms with Crippen molar-refractivity contribution in [3.05, 3.63) is 0 Å². The van der Waals surface area contributed by atoms with Crippen molar-refractivity contribution in [3.63, 3.8) is 0 Å². The van der Waals surface area contributed by atoms with Gasteiger partial charge in [0.2, 0.25) is 5.91 Å². The lowest BCUT2D eigenvalue weighted by molar-refractivity contribution is -0.141. The van der Waals surface area contributed by atoms with E-state index in [2.05, 4.69) is 4.74 Å². The van der Waals surface area contributed by atoms with Crippen LogP contribution in [0.3, 0.4) is 0 Å². The molecule has 1 aliphatic rings. The second kappa shape index (κ2) is 6.48. The van der Waals surface area contributed by atoms with Crippen molar-refractivity contribution in [1.82, 2.24) is 9.80 Å². The van der Waals surface area contributed by atoms with Gasteiger partial charge in [-0.25, -0.2) is 0 Å². The lowest BCUT2D eigenvalue weighted by Crippen LogP contribution is -2.38. The quantitative estimate of drug-likeness (QED) is 0.626. The summed E-state index contributed by atoms with van der Waals surface area (Å²) >= 11 is 0. The van der Waals surface area contributed by atoms with E-state index in [1.165, 1.54) is 7.11 Å². The lowest BCUT2D eigenvalue weighted by Gasteiger charge is -2.20. The topological polar surface area (TPSA) is 49.9 Å². The van der Waals surface area contributed by atoms with E-state index in [1.54, 1.807) is 0 Å². The van der Waals surface area contributed by atoms with E-state index in [-0.39, 0.29) is 11.9 Å². The van der Waals surface area contributed by atoms with Gasteiger partial charge in [0.25, 0.3) is 0 Å². The maximum atomic E-state index is 11.7. The average molecular weight is 228 g/mol. The number of hydrogen-bond acceptors (Lipinski definition) is 4. The smallest absolute Gasteiger partial charge is 0.306 e. The summed E-state index contributed by atoms with van der Waals surface area (Å²) in [5.41, 5.74) is 0. The highest BCUT2D eigenvalue weighted by Crippen LogP contribution is 2.07. The van der Waals surface area contributed by atoms with Gasteiger partial charge in [-0.3, -0.25) is 14.5 Å². The molecule has 92 valence electrons. The molecule has 5 heteroatoms. The molecule has 0 aliphatic carbocycles. The van der Waals surface area contributed by atoms with Crippen LogP contribution in [0, 0.1) is 0 Å². The number of carbonyl (C=O) groups is 2. The molecular weight excluding hydrogens is 208 g/mol. The van der Waals surface area contributed by atoms with Crippen molar-refractivity contribution in [2.24, 2.45) is 0 Å². The fourth-order valence-corrected chi connectivity index (χ4v) is 1.76. The Bertz CT molecular complexity index is 250. The van der Waals surface area contributed by atoms with Crippen LogP contribution in [0.15, 0.2) is 0 Å². The van der Waals surface area contributed by atoms with Crippen molar-refractivity contribution in [2.75, 3.05) is 40.3 Å². The lowest BCUT2D eigenvalue weighted by atomic mass is 10.4. The maximum absolute atomic E-state index is 11.7. The Morgan fingerprint density at radius 1 is 1.31 bits per heavy atom. The first-order chi connectivity index (χ1) is 7.63. The number of ether oxygens (including phenoxy) is 1. The van der Waals surface area contributed by atoms with Crippen LogP contribution in [0.5, 0.6) is 0 Å². The zero-order valence-corrected chi connectivity index (χ0v) is 10.1. The molecular formula is C11H20N2O3. The molecule has 0 aromatic heterocycles. The standard InChI is InChI=1S/C11H20N2O3/c1-12(8-5-11(15)16-2)9-10(14)13-6-3-4-7-13/h3-9H2,1-2H3. The molecule has 5 nitrogen and oxygen atoms in total. The summed E-state index contributed by atoms with van der Waals surface area (Å²) in [4.78, 5) is 26.4. The molecule has 1 saturated heterocycles. The molecule has 0 spiro atoms. The average Bonchev–Trinajstić information content (AvgIpc) is 2.79. The first-order valence-electron chi connectivity index (χ1n) is 5.66. The van der Waals surface area contributed by atoms with Crippen molar-refractivity contribution >= 4 is 11.9 Å². The van der Waals surface area contributed by atoms with E-state index < -0.39 is 0 Å². The van der Waals surface area contributed by atoms with Gasteiger partial charge in [-0.05, 0) is 19.9 Å². The van der Waals surface area contributed by atoms with Crippen LogP contribution >= 0.6 is 0 Å². The number of carbonyl (C=O) groups excluding carboxylic acids is 2. The van der Waals surface area contributed by atoms with E-state index in [4.69, 9.17) is 0 Å². The predicted octanol–water partition coefficient (Wildman–Crippen LogP) is 0.104. The minimum absolute atomic E-state index is 0.157. The minimum Gasteiger partial charge on any atom is -0.469 e. The van der Waals surface area contributed by atoms with Gasteiger partial charge in [-0.15, -0.1) is 0 Å². The molecule has 0 bridgehead atoms. The summed E-state index contributed by atoms with van der Waals surface area (Å²) in [6.07, 6.45) is 2.55. The fraction of sp³-hybridized carbons (Fsp3) is 0.818. The summed E-state index contributed by atoms with van der Waals surface area (Å²) in [7, 11) is 3.22. The highest BCUT2D eigenvalue weighted by molar-refractivity contribution is 5.78. The van der Waals surface area contributed by atoms with Crippen LogP contribution < -0.4 is 0 Å². The van der Waals surface area contributed by atoms with Crippen LogP contribution in [-0.2, 0) is 14.3 Å². The molecule has 0 radical (unpaired) electrons. The molecule has 0 aromatic carbocycles. The van der Waals surface area contributed by atoms with Gasteiger partial charge in [0.1, 0.15) is 0 Å². The highest BCUT2D eigenvalue weighted by atomic mass is 16.5. The fourth-order valence-electron chi connectivity index (χ4n) is 1.76. The van der Waals surface area contributed by atoms with Gasteiger partial charge in [0.15, 0.2) is 0 Å². The monoisotopic (exact) mass is 228 g/mol. The largest absolute Gasteiger partial charge is 0.469 e. The third-order valence-corrected chi connectivity index (χ3v) is 2.79. The molecule has 0 aromatic rings. The second-order valence-corrected chi connectivity index (χ2v) is 4.15. The molecule has 0 N–H and O–H groups in total. The van der Waals surface area contributed by atoms with Crippen LogP contribution in [0.2, 0.25) is 0 Å². The summed E-state index contributed by atoms with van der Waals surface area (Å²) < 4.78 is 4.54. The van der Waals surface area contributed by atoms with Crippen molar-refractivity contribution in [3.8, 4) is 0 Å². The zero-order chi connectivity index (χ0) is 12.0. The Morgan fingerprint density at radius 2 is 1.94 bits per heavy atom. The molecule has 0 saturated carbocycles. The molecule has 0 atom stereocenters. The molecule has 1 fully saturated rings. The van der Waals surface area contributed by atoms with Gasteiger partial charge < -0.3 is 9.64 Å². The van der Waals surface area contributed by atoms with E-state index in [1.807, 2.05) is 16.8 Å². The van der Waals surface area contributed by atoms with E-state index in [0.29, 0.717) is 19.5 Å². The summed E-state index contributed by atoms with van der Waals surface area (Å²) in [6, 6.07) is 0. The third kappa shape index (κ3) is 4.18. The van der Waals surface area contributed by atoms with Gasteiger partial charge in [0.05, 0.1) is 20.1 Å². The van der Waals surface area contributed by atoms with Crippen molar-refractivity contribution in [2.45, 2.75) is 19.3 Å². The SMILES string of the molecule is COC(=O)CCN(C)CC(=O)N1CCCC1. The molecule has 1 amide bonds. The molecule has 16 heavy (non-hydrogen) atoms. The summed E-state index contributed by atoms with van der Waals surface area (Å²) in [5, 5.41) is 0. The zero-order valence-electron chi connectivity index (χ0n) is 10.1. The Hall–Kier alpha value is -1.10. The van der Waals surface area contributed by atoms with E-state index >= 15 is 0 Å². The van der Waals surface area contributed by atoms with Gasteiger partial charge in [-0.1, -0.05) is 0 Å². The van der Waals surface area contributed by atoms with Crippen LogP contribution in [-0.4, -0.2) is 62.0 Å². The minimum atomic E-state index is -0.236. The first-order valence-corrected chi connectivity index (χ1v) is 5.66. The number of nitrogens with zero attached hydrogens (tertiary/aromatic N) is 2. The Balaban J connectivity index is 2.19. The molecule has 1 heterocycles. The predicted molar refractivity (Wildman–Crippen MR) is 59.9 cm³/mol. The van der Waals surface area contributed by atoms with Crippen LogP contribution in [0.1, 0.15) is 19.3 Å². The normalized spacial score (nSPS) is 15.6. The molecule has 0 unspecified atom stereocenters.